The van der Waals surface area contributed by atoms with Gasteiger partial charge in [-0.3, -0.25) is 13.7 Å². The van der Waals surface area contributed by atoms with Gasteiger partial charge in [-0.2, -0.15) is 4.98 Å². The van der Waals surface area contributed by atoms with Crippen molar-refractivity contribution in [3.63, 3.8) is 0 Å². The highest BCUT2D eigenvalue weighted by atomic mass is 35.7. The largest absolute Gasteiger partial charge is 0.351 e. The number of nitrogens with zero attached hydrogens (tertiary/aromatic N) is 4. The van der Waals surface area contributed by atoms with E-state index in [1.54, 1.807) is 36.2 Å². The fourth-order valence-corrected chi connectivity index (χ4v) is 4.78. The van der Waals surface area contributed by atoms with Crippen molar-refractivity contribution >= 4 is 50.6 Å². The van der Waals surface area contributed by atoms with Crippen LogP contribution in [-0.4, -0.2) is 44.2 Å². The second-order valence-electron chi connectivity index (χ2n) is 7.12. The zero-order valence-electron chi connectivity index (χ0n) is 16.6. The molecule has 11 heteroatoms. The molecule has 31 heavy (non-hydrogen) atoms. The molecule has 0 spiro atoms. The van der Waals surface area contributed by atoms with Crippen LogP contribution in [0.5, 0.6) is 0 Å². The van der Waals surface area contributed by atoms with E-state index >= 15 is 0 Å². The van der Waals surface area contributed by atoms with Gasteiger partial charge >= 0.3 is 0 Å². The molecule has 0 saturated carbocycles. The van der Waals surface area contributed by atoms with Gasteiger partial charge in [0, 0.05) is 35.6 Å². The van der Waals surface area contributed by atoms with E-state index in [0.29, 0.717) is 21.9 Å². The number of hydrogen-bond donors (Lipinski definition) is 1. The monoisotopic (exact) mass is 483 g/mol. The number of rotatable bonds is 6. The molecule has 0 amide bonds. The Hall–Kier alpha value is -1.88. The molecular weight excluding hydrogens is 464 g/mol. The van der Waals surface area contributed by atoms with E-state index in [9.17, 15) is 13.6 Å². The molecule has 1 saturated heterocycles. The first-order chi connectivity index (χ1) is 15.0. The van der Waals surface area contributed by atoms with Crippen LogP contribution in [0.3, 0.4) is 0 Å². The number of hydrogen-bond acceptors (Lipinski definition) is 7. The zero-order valence-corrected chi connectivity index (χ0v) is 19.0. The maximum atomic E-state index is 13.5. The molecule has 0 aliphatic carbocycles. The summed E-state index contributed by atoms with van der Waals surface area (Å²) in [7, 11) is 6.83. The Labute approximate surface area is 191 Å². The van der Waals surface area contributed by atoms with E-state index in [4.69, 9.17) is 10.7 Å². The second kappa shape index (κ2) is 9.72. The first kappa shape index (κ1) is 22.3. The number of anilines is 1. The van der Waals surface area contributed by atoms with Gasteiger partial charge in [0.05, 0.1) is 11.3 Å². The molecule has 1 N–H and O–H groups in total. The number of halogens is 3. The minimum Gasteiger partial charge on any atom is -0.351 e. The standard InChI is InChI=1S/C20H20ClF2N5OS2/c1-30-27-7-5-13(6-8-27)25-20-24-11-12-9-16(17(22)23)19(29)28(18(12)26-20)14-3-2-4-15(10-14)31-21/h2-4,9-11,13,17H,5-8H2,1H3,(H,24,25,26). The molecule has 0 radical (unpaired) electrons. The first-order valence-electron chi connectivity index (χ1n) is 9.65. The van der Waals surface area contributed by atoms with Gasteiger partial charge in [-0.1, -0.05) is 18.0 Å². The van der Waals surface area contributed by atoms with Gasteiger partial charge in [0.25, 0.3) is 12.0 Å². The molecule has 0 atom stereocenters. The Morgan fingerprint density at radius 2 is 2.03 bits per heavy atom. The Balaban J connectivity index is 1.78. The SMILES string of the molecule is CSN1CCC(Nc2ncc3cc(C(F)F)c(=O)n(-c4cccc(SCl)c4)c3n2)CC1. The summed E-state index contributed by atoms with van der Waals surface area (Å²) in [5.41, 5.74) is -0.714. The Kier molecular flexibility index (Phi) is 7.00. The van der Waals surface area contributed by atoms with Crippen LogP contribution in [0, 0.1) is 0 Å². The second-order valence-corrected chi connectivity index (χ2v) is 9.09. The van der Waals surface area contributed by atoms with E-state index in [1.807, 2.05) is 0 Å². The highest BCUT2D eigenvalue weighted by Crippen LogP contribution is 2.27. The quantitative estimate of drug-likeness (QED) is 0.488. The van der Waals surface area contributed by atoms with Crippen molar-refractivity contribution in [2.75, 3.05) is 24.7 Å². The van der Waals surface area contributed by atoms with Crippen LogP contribution in [0.15, 0.2) is 46.2 Å². The van der Waals surface area contributed by atoms with Crippen LogP contribution in [0.2, 0.25) is 0 Å². The third kappa shape index (κ3) is 4.82. The third-order valence-corrected chi connectivity index (χ3v) is 7.06. The molecule has 2 aromatic heterocycles. The van der Waals surface area contributed by atoms with Gasteiger partial charge in [-0.25, -0.2) is 13.8 Å². The van der Waals surface area contributed by atoms with Gasteiger partial charge < -0.3 is 5.32 Å². The summed E-state index contributed by atoms with van der Waals surface area (Å²) in [5.74, 6) is 0.371. The van der Waals surface area contributed by atoms with E-state index in [-0.39, 0.29) is 11.7 Å². The van der Waals surface area contributed by atoms with Crippen LogP contribution >= 0.6 is 33.6 Å². The van der Waals surface area contributed by atoms with Crippen molar-refractivity contribution in [3.8, 4) is 5.69 Å². The Bertz CT molecular complexity index is 1140. The molecule has 3 aromatic rings. The van der Waals surface area contributed by atoms with Gasteiger partial charge in [0.2, 0.25) is 5.95 Å². The fourth-order valence-electron chi connectivity index (χ4n) is 3.62. The van der Waals surface area contributed by atoms with E-state index < -0.39 is 17.5 Å². The van der Waals surface area contributed by atoms with E-state index in [0.717, 1.165) is 36.9 Å². The normalized spacial score (nSPS) is 15.6. The first-order valence-corrected chi connectivity index (χ1v) is 12.5. The summed E-state index contributed by atoms with van der Waals surface area (Å²) in [4.78, 5) is 22.5. The lowest BCUT2D eigenvalue weighted by molar-refractivity contribution is 0.149. The minimum absolute atomic E-state index is 0.206. The highest BCUT2D eigenvalue weighted by Gasteiger charge is 2.22. The highest BCUT2D eigenvalue weighted by molar-refractivity contribution is 8.21. The van der Waals surface area contributed by atoms with Crippen LogP contribution in [-0.2, 0) is 0 Å². The predicted molar refractivity (Wildman–Crippen MR) is 124 cm³/mol. The van der Waals surface area contributed by atoms with Crippen molar-refractivity contribution in [2.24, 2.45) is 0 Å². The average Bonchev–Trinajstić information content (AvgIpc) is 2.79. The molecular formula is C20H20ClF2N5OS2. The number of fused-ring (bicyclic) bond motifs is 1. The zero-order chi connectivity index (χ0) is 22.0. The van der Waals surface area contributed by atoms with Crippen molar-refractivity contribution < 1.29 is 8.78 Å². The number of alkyl halides is 2. The predicted octanol–water partition coefficient (Wildman–Crippen LogP) is 5.12. The lowest BCUT2D eigenvalue weighted by atomic mass is 10.1. The summed E-state index contributed by atoms with van der Waals surface area (Å²) >= 11 is 1.73. The molecule has 1 aliphatic heterocycles. The summed E-state index contributed by atoms with van der Waals surface area (Å²) < 4.78 is 30.6. The summed E-state index contributed by atoms with van der Waals surface area (Å²) in [6.07, 6.45) is 2.50. The van der Waals surface area contributed by atoms with Crippen LogP contribution in [0.25, 0.3) is 16.7 Å². The molecule has 4 rings (SSSR count). The number of benzene rings is 1. The summed E-state index contributed by atoms with van der Waals surface area (Å²) in [6.45, 7) is 1.91. The van der Waals surface area contributed by atoms with Crippen LogP contribution < -0.4 is 10.9 Å². The van der Waals surface area contributed by atoms with Crippen molar-refractivity contribution in [1.82, 2.24) is 18.8 Å². The number of pyridine rings is 1. The van der Waals surface area contributed by atoms with Crippen LogP contribution in [0.4, 0.5) is 14.7 Å². The number of nitrogens with one attached hydrogen (secondary N) is 1. The number of aromatic nitrogens is 3. The smallest absolute Gasteiger partial charge is 0.269 e. The lowest BCUT2D eigenvalue weighted by Crippen LogP contribution is -2.35. The molecule has 1 fully saturated rings. The third-order valence-electron chi connectivity index (χ3n) is 5.21. The number of piperidine rings is 1. The topological polar surface area (TPSA) is 63.1 Å². The molecule has 0 unspecified atom stereocenters. The average molecular weight is 484 g/mol. The van der Waals surface area contributed by atoms with Crippen LogP contribution in [0.1, 0.15) is 24.8 Å². The fraction of sp³-hybridized carbons (Fsp3) is 0.350. The summed E-state index contributed by atoms with van der Waals surface area (Å²) in [6, 6.07) is 8.19. The Morgan fingerprint density at radius 1 is 1.26 bits per heavy atom. The molecule has 0 bridgehead atoms. The summed E-state index contributed by atoms with van der Waals surface area (Å²) in [5, 5.41) is 3.69. The lowest BCUT2D eigenvalue weighted by Gasteiger charge is -2.30. The van der Waals surface area contributed by atoms with Crippen molar-refractivity contribution in [2.45, 2.75) is 30.2 Å². The molecule has 6 nitrogen and oxygen atoms in total. The van der Waals surface area contributed by atoms with Crippen molar-refractivity contribution in [3.05, 3.63) is 52.4 Å². The molecule has 164 valence electrons. The molecule has 1 aromatic carbocycles. The van der Waals surface area contributed by atoms with E-state index in [2.05, 4.69) is 25.8 Å². The van der Waals surface area contributed by atoms with Crippen molar-refractivity contribution in [1.29, 1.82) is 0 Å². The van der Waals surface area contributed by atoms with Gasteiger partial charge in [0.1, 0.15) is 0 Å². The van der Waals surface area contributed by atoms with Gasteiger partial charge in [0.15, 0.2) is 5.65 Å². The molecule has 3 heterocycles. The van der Waals surface area contributed by atoms with Gasteiger partial charge in [-0.15, -0.1) is 0 Å². The molecule has 1 aliphatic rings. The maximum absolute atomic E-state index is 13.5. The van der Waals surface area contributed by atoms with Gasteiger partial charge in [-0.05, 0) is 65.0 Å². The minimum atomic E-state index is -2.91. The Morgan fingerprint density at radius 3 is 2.71 bits per heavy atom. The van der Waals surface area contributed by atoms with E-state index in [1.165, 1.54) is 16.8 Å². The maximum Gasteiger partial charge on any atom is 0.269 e.